The average Bonchev–Trinajstić information content (AvgIpc) is 3.02. The number of piperidine rings is 1. The van der Waals surface area contributed by atoms with Crippen LogP contribution >= 0.6 is 11.8 Å². The van der Waals surface area contributed by atoms with E-state index in [4.69, 9.17) is 0 Å². The van der Waals surface area contributed by atoms with Crippen molar-refractivity contribution in [2.24, 2.45) is 5.41 Å². The minimum absolute atomic E-state index is 0.236. The molecule has 1 aromatic carbocycles. The van der Waals surface area contributed by atoms with Crippen LogP contribution in [-0.4, -0.2) is 44.3 Å². The molecule has 1 aromatic heterocycles. The van der Waals surface area contributed by atoms with E-state index in [0.717, 1.165) is 37.2 Å². The van der Waals surface area contributed by atoms with E-state index in [1.165, 1.54) is 36.6 Å². The third kappa shape index (κ3) is 5.66. The highest BCUT2D eigenvalue weighted by Gasteiger charge is 2.23. The van der Waals surface area contributed by atoms with Crippen LogP contribution in [0.2, 0.25) is 0 Å². The lowest BCUT2D eigenvalue weighted by Gasteiger charge is -2.26. The Hall–Kier alpha value is -1.66. The van der Waals surface area contributed by atoms with Crippen LogP contribution in [0.15, 0.2) is 35.5 Å². The summed E-state index contributed by atoms with van der Waals surface area (Å²) >= 11 is 1.51. The molecule has 1 fully saturated rings. The van der Waals surface area contributed by atoms with Crippen LogP contribution < -0.4 is 0 Å². The lowest BCUT2D eigenvalue weighted by atomic mass is 9.92. The predicted molar refractivity (Wildman–Crippen MR) is 110 cm³/mol. The number of aromatic nitrogens is 3. The zero-order valence-electron chi connectivity index (χ0n) is 16.6. The topological polar surface area (TPSA) is 51.0 Å². The van der Waals surface area contributed by atoms with Crippen molar-refractivity contribution in [2.45, 2.75) is 58.3 Å². The van der Waals surface area contributed by atoms with Gasteiger partial charge in [0.1, 0.15) is 11.6 Å². The van der Waals surface area contributed by atoms with Gasteiger partial charge in [-0.05, 0) is 31.5 Å². The summed E-state index contributed by atoms with van der Waals surface area (Å²) in [6.45, 7) is 9.72. The number of hydrogen-bond acceptors (Lipinski definition) is 5. The molecule has 0 bridgehead atoms. The second-order valence-electron chi connectivity index (χ2n) is 8.27. The van der Waals surface area contributed by atoms with Crippen molar-refractivity contribution in [1.82, 2.24) is 19.7 Å². The first-order chi connectivity index (χ1) is 12.9. The van der Waals surface area contributed by atoms with Crippen LogP contribution in [0.5, 0.6) is 0 Å². The van der Waals surface area contributed by atoms with Gasteiger partial charge in [0.25, 0.3) is 0 Å². The molecule has 6 heteroatoms. The summed E-state index contributed by atoms with van der Waals surface area (Å²) in [6.07, 6.45) is 3.84. The van der Waals surface area contributed by atoms with Crippen molar-refractivity contribution in [2.75, 3.05) is 18.8 Å². The van der Waals surface area contributed by atoms with E-state index in [1.54, 1.807) is 0 Å². The summed E-state index contributed by atoms with van der Waals surface area (Å²) in [4.78, 5) is 14.8. The zero-order valence-corrected chi connectivity index (χ0v) is 17.5. The summed E-state index contributed by atoms with van der Waals surface area (Å²) in [5.41, 5.74) is 0.898. The van der Waals surface area contributed by atoms with E-state index in [1.807, 2.05) is 26.8 Å². The molecule has 0 unspecified atom stereocenters. The Labute approximate surface area is 166 Å². The van der Waals surface area contributed by atoms with Gasteiger partial charge < -0.3 is 4.57 Å². The van der Waals surface area contributed by atoms with Gasteiger partial charge in [-0.2, -0.15) is 0 Å². The van der Waals surface area contributed by atoms with Crippen molar-refractivity contribution in [3.05, 3.63) is 41.7 Å². The van der Waals surface area contributed by atoms with Crippen molar-refractivity contribution in [3.8, 4) is 0 Å². The molecule has 0 radical (unpaired) electrons. The minimum atomic E-state index is -0.325. The Balaban J connectivity index is 1.78. The first-order valence-corrected chi connectivity index (χ1v) is 10.8. The van der Waals surface area contributed by atoms with Gasteiger partial charge in [0.15, 0.2) is 5.16 Å². The molecule has 0 N–H and O–H groups in total. The molecule has 0 spiro atoms. The predicted octanol–water partition coefficient (Wildman–Crippen LogP) is 4.02. The fourth-order valence-corrected chi connectivity index (χ4v) is 4.25. The van der Waals surface area contributed by atoms with Crippen molar-refractivity contribution < 1.29 is 4.79 Å². The molecular weight excluding hydrogens is 356 g/mol. The normalized spacial score (nSPS) is 15.8. The number of hydrogen-bond donors (Lipinski definition) is 0. The first-order valence-electron chi connectivity index (χ1n) is 9.78. The SMILES string of the molecule is CC(C)(C)C(=O)CSc1nnc(CN2CCCCC2)n1Cc1ccccc1. The number of thioether (sulfide) groups is 1. The molecule has 27 heavy (non-hydrogen) atoms. The Kier molecular flexibility index (Phi) is 6.71. The number of carbonyl (C=O) groups is 1. The Morgan fingerprint density at radius 1 is 1.04 bits per heavy atom. The molecule has 0 saturated carbocycles. The van der Waals surface area contributed by atoms with Gasteiger partial charge in [0, 0.05) is 5.41 Å². The van der Waals surface area contributed by atoms with Crippen LogP contribution in [0.25, 0.3) is 0 Å². The lowest BCUT2D eigenvalue weighted by molar-refractivity contribution is -0.123. The molecule has 1 saturated heterocycles. The maximum atomic E-state index is 12.3. The van der Waals surface area contributed by atoms with Gasteiger partial charge in [0.2, 0.25) is 0 Å². The number of ketones is 1. The van der Waals surface area contributed by atoms with E-state index in [-0.39, 0.29) is 11.2 Å². The monoisotopic (exact) mass is 386 g/mol. The summed E-state index contributed by atoms with van der Waals surface area (Å²) in [7, 11) is 0. The molecule has 2 aromatic rings. The fraction of sp³-hybridized carbons (Fsp3) is 0.571. The molecule has 3 rings (SSSR count). The number of carbonyl (C=O) groups excluding carboxylic acids is 1. The lowest BCUT2D eigenvalue weighted by Crippen LogP contribution is -2.30. The van der Waals surface area contributed by atoms with Crippen molar-refractivity contribution in [3.63, 3.8) is 0 Å². The summed E-state index contributed by atoms with van der Waals surface area (Å²) in [5.74, 6) is 1.66. The highest BCUT2D eigenvalue weighted by atomic mass is 32.2. The Morgan fingerprint density at radius 3 is 2.41 bits per heavy atom. The van der Waals surface area contributed by atoms with Crippen LogP contribution in [0, 0.1) is 5.41 Å². The molecule has 0 atom stereocenters. The van der Waals surface area contributed by atoms with E-state index < -0.39 is 0 Å². The maximum absolute atomic E-state index is 12.3. The first kappa shape index (κ1) is 20.1. The van der Waals surface area contributed by atoms with Gasteiger partial charge in [-0.1, -0.05) is 69.3 Å². The van der Waals surface area contributed by atoms with Gasteiger partial charge in [0.05, 0.1) is 18.8 Å². The second kappa shape index (κ2) is 9.02. The zero-order chi connectivity index (χ0) is 19.3. The third-order valence-corrected chi connectivity index (χ3v) is 5.93. The number of likely N-dealkylation sites (tertiary alicyclic amines) is 1. The number of benzene rings is 1. The highest BCUT2D eigenvalue weighted by Crippen LogP contribution is 2.24. The fourth-order valence-electron chi connectivity index (χ4n) is 3.13. The Bertz CT molecular complexity index is 745. The molecule has 0 aliphatic carbocycles. The molecule has 0 amide bonds. The molecule has 5 nitrogen and oxygen atoms in total. The number of Topliss-reactive ketones (excluding diaryl/α,β-unsaturated/α-hetero) is 1. The summed E-state index contributed by atoms with van der Waals surface area (Å²) in [5, 5.41) is 9.75. The van der Waals surface area contributed by atoms with E-state index in [2.05, 4.69) is 43.9 Å². The summed E-state index contributed by atoms with van der Waals surface area (Å²) in [6, 6.07) is 10.4. The standard InChI is InChI=1S/C21H30N4OS/c1-21(2,3)18(26)16-27-20-23-22-19(15-24-12-8-5-9-13-24)25(20)14-17-10-6-4-7-11-17/h4,6-7,10-11H,5,8-9,12-16H2,1-3H3. The Morgan fingerprint density at radius 2 is 1.74 bits per heavy atom. The van der Waals surface area contributed by atoms with Gasteiger partial charge in [-0.3, -0.25) is 9.69 Å². The second-order valence-corrected chi connectivity index (χ2v) is 9.21. The quantitative estimate of drug-likeness (QED) is 0.673. The van der Waals surface area contributed by atoms with Crippen molar-refractivity contribution in [1.29, 1.82) is 0 Å². The molecule has 1 aliphatic heterocycles. The van der Waals surface area contributed by atoms with Gasteiger partial charge in [-0.25, -0.2) is 0 Å². The largest absolute Gasteiger partial charge is 0.300 e. The van der Waals surface area contributed by atoms with Crippen LogP contribution in [0.3, 0.4) is 0 Å². The molecule has 2 heterocycles. The third-order valence-electron chi connectivity index (χ3n) is 4.96. The van der Waals surface area contributed by atoms with Crippen LogP contribution in [0.1, 0.15) is 51.4 Å². The van der Waals surface area contributed by atoms with Crippen LogP contribution in [-0.2, 0) is 17.9 Å². The van der Waals surface area contributed by atoms with Crippen LogP contribution in [0.4, 0.5) is 0 Å². The van der Waals surface area contributed by atoms with E-state index in [9.17, 15) is 4.79 Å². The number of rotatable bonds is 7. The maximum Gasteiger partial charge on any atom is 0.191 e. The smallest absolute Gasteiger partial charge is 0.191 e. The number of nitrogens with zero attached hydrogens (tertiary/aromatic N) is 4. The van der Waals surface area contributed by atoms with Gasteiger partial charge >= 0.3 is 0 Å². The summed E-state index contributed by atoms with van der Waals surface area (Å²) < 4.78 is 2.19. The van der Waals surface area contributed by atoms with Crippen molar-refractivity contribution >= 4 is 17.5 Å². The molecule has 146 valence electrons. The minimum Gasteiger partial charge on any atom is -0.300 e. The molecular formula is C21H30N4OS. The average molecular weight is 387 g/mol. The van der Waals surface area contributed by atoms with Gasteiger partial charge in [-0.15, -0.1) is 10.2 Å². The highest BCUT2D eigenvalue weighted by molar-refractivity contribution is 7.99. The molecule has 1 aliphatic rings. The van der Waals surface area contributed by atoms with E-state index in [0.29, 0.717) is 5.75 Å². The van der Waals surface area contributed by atoms with E-state index >= 15 is 0 Å².